The molecular formula is C30H30ClN7O2S. The summed E-state index contributed by atoms with van der Waals surface area (Å²) in [6.45, 7) is 5.36. The Kier molecular flexibility index (Phi) is 7.76. The Balaban J connectivity index is 1.26. The number of methoxy groups -OCH3 is 2. The molecule has 1 N–H and O–H groups in total. The van der Waals surface area contributed by atoms with Gasteiger partial charge in [0, 0.05) is 68.0 Å². The van der Waals surface area contributed by atoms with Crippen molar-refractivity contribution in [1.29, 1.82) is 0 Å². The second-order valence-electron chi connectivity index (χ2n) is 9.77. The minimum atomic E-state index is 0.526. The van der Waals surface area contributed by atoms with Gasteiger partial charge in [-0.15, -0.1) is 11.3 Å². The number of hydrogen-bond donors (Lipinski definition) is 1. The zero-order valence-corrected chi connectivity index (χ0v) is 24.7. The summed E-state index contributed by atoms with van der Waals surface area (Å²) in [5.74, 6) is 2.80. The third-order valence-corrected chi connectivity index (χ3v) is 8.07. The van der Waals surface area contributed by atoms with Crippen molar-refractivity contribution in [3.63, 3.8) is 0 Å². The number of aryl methyl sites for hydroxylation is 1. The van der Waals surface area contributed by atoms with Crippen molar-refractivity contribution in [3.05, 3.63) is 70.8 Å². The summed E-state index contributed by atoms with van der Waals surface area (Å²) in [6, 6.07) is 15.8. The van der Waals surface area contributed by atoms with Crippen LogP contribution in [-0.2, 0) is 0 Å². The van der Waals surface area contributed by atoms with Crippen LogP contribution in [-0.4, -0.2) is 60.3 Å². The molecule has 6 rings (SSSR count). The number of nitrogens with one attached hydrogen (secondary N) is 1. The molecule has 4 aromatic heterocycles. The molecule has 0 amide bonds. The molecule has 0 aliphatic carbocycles. The minimum Gasteiger partial charge on any atom is -0.497 e. The monoisotopic (exact) mass is 587 g/mol. The van der Waals surface area contributed by atoms with Gasteiger partial charge < -0.3 is 24.6 Å². The van der Waals surface area contributed by atoms with Crippen LogP contribution in [0.15, 0.2) is 60.1 Å². The van der Waals surface area contributed by atoms with Crippen LogP contribution in [0.2, 0.25) is 5.02 Å². The average molecular weight is 588 g/mol. The molecule has 0 radical (unpaired) electrons. The van der Waals surface area contributed by atoms with E-state index in [2.05, 4.69) is 42.6 Å². The Bertz CT molecular complexity index is 1660. The number of pyridine rings is 2. The first-order valence-corrected chi connectivity index (χ1v) is 14.6. The highest BCUT2D eigenvalue weighted by atomic mass is 35.5. The maximum Gasteiger partial charge on any atom is 0.229 e. The first kappa shape index (κ1) is 27.0. The maximum absolute atomic E-state index is 6.30. The van der Waals surface area contributed by atoms with Crippen molar-refractivity contribution >= 4 is 57.1 Å². The Hall–Kier alpha value is -4.15. The number of nitrogens with zero attached hydrogens (tertiary/aromatic N) is 6. The third kappa shape index (κ3) is 5.98. The van der Waals surface area contributed by atoms with Crippen molar-refractivity contribution in [2.75, 3.05) is 55.5 Å². The van der Waals surface area contributed by atoms with E-state index in [0.717, 1.165) is 77.1 Å². The van der Waals surface area contributed by atoms with Gasteiger partial charge >= 0.3 is 0 Å². The summed E-state index contributed by atoms with van der Waals surface area (Å²) < 4.78 is 10.8. The molecule has 9 nitrogen and oxygen atoms in total. The summed E-state index contributed by atoms with van der Waals surface area (Å²) in [6.07, 6.45) is 2.66. The molecule has 5 heterocycles. The molecular weight excluding hydrogens is 558 g/mol. The quantitative estimate of drug-likeness (QED) is 0.226. The van der Waals surface area contributed by atoms with Crippen LogP contribution in [0, 0.1) is 6.92 Å². The van der Waals surface area contributed by atoms with Gasteiger partial charge in [-0.3, -0.25) is 4.98 Å². The van der Waals surface area contributed by atoms with E-state index in [0.29, 0.717) is 22.5 Å². The summed E-state index contributed by atoms with van der Waals surface area (Å²) in [5, 5.41) is 5.97. The number of aromatic nitrogens is 4. The molecule has 0 saturated carbocycles. The molecule has 210 valence electrons. The molecule has 0 atom stereocenters. The van der Waals surface area contributed by atoms with E-state index < -0.39 is 0 Å². The topological polar surface area (TPSA) is 88.5 Å². The van der Waals surface area contributed by atoms with E-state index in [4.69, 9.17) is 31.0 Å². The first-order chi connectivity index (χ1) is 20.0. The van der Waals surface area contributed by atoms with Crippen LogP contribution in [0.3, 0.4) is 0 Å². The van der Waals surface area contributed by atoms with Crippen LogP contribution in [0.25, 0.3) is 21.6 Å². The lowest BCUT2D eigenvalue weighted by atomic mass is 10.2. The molecule has 5 aromatic rings. The fraction of sp³-hybridized carbons (Fsp3) is 0.267. The van der Waals surface area contributed by atoms with Crippen molar-refractivity contribution in [2.24, 2.45) is 0 Å². The molecule has 11 heteroatoms. The fourth-order valence-corrected chi connectivity index (χ4v) is 5.87. The molecule has 1 saturated heterocycles. The van der Waals surface area contributed by atoms with Crippen LogP contribution in [0.5, 0.6) is 11.5 Å². The summed E-state index contributed by atoms with van der Waals surface area (Å²) in [5.41, 5.74) is 5.35. The highest BCUT2D eigenvalue weighted by Crippen LogP contribution is 2.34. The number of halogens is 1. The van der Waals surface area contributed by atoms with Crippen molar-refractivity contribution in [1.82, 2.24) is 19.9 Å². The SMILES string of the molecule is COc1cc(Nc2nc(C)cc(N3CCCN(c4cc(-c5cccs5)nc5cc(Cl)cnc45)CC3)n2)cc(OC)c1. The van der Waals surface area contributed by atoms with Crippen molar-refractivity contribution in [2.45, 2.75) is 13.3 Å². The molecule has 0 bridgehead atoms. The van der Waals surface area contributed by atoms with E-state index in [1.807, 2.05) is 43.3 Å². The van der Waals surface area contributed by atoms with Gasteiger partial charge in [0.1, 0.15) is 22.8 Å². The van der Waals surface area contributed by atoms with E-state index in [1.54, 1.807) is 31.8 Å². The number of anilines is 4. The zero-order valence-electron chi connectivity index (χ0n) is 23.1. The van der Waals surface area contributed by atoms with Gasteiger partial charge in [-0.2, -0.15) is 4.98 Å². The highest BCUT2D eigenvalue weighted by molar-refractivity contribution is 7.13. The fourth-order valence-electron chi connectivity index (χ4n) is 5.03. The Morgan fingerprint density at radius 3 is 2.44 bits per heavy atom. The van der Waals surface area contributed by atoms with Gasteiger partial charge in [0.15, 0.2) is 0 Å². The molecule has 0 spiro atoms. The van der Waals surface area contributed by atoms with Crippen LogP contribution >= 0.6 is 22.9 Å². The molecule has 1 aromatic carbocycles. The Morgan fingerprint density at radius 2 is 1.68 bits per heavy atom. The van der Waals surface area contributed by atoms with Gasteiger partial charge in [-0.1, -0.05) is 17.7 Å². The Labute approximate surface area is 247 Å². The first-order valence-electron chi connectivity index (χ1n) is 13.3. The molecule has 1 fully saturated rings. The summed E-state index contributed by atoms with van der Waals surface area (Å²) in [4.78, 5) is 24.9. The number of rotatable bonds is 7. The van der Waals surface area contributed by atoms with Gasteiger partial charge in [0.2, 0.25) is 5.95 Å². The lowest BCUT2D eigenvalue weighted by Crippen LogP contribution is -2.31. The molecule has 1 aliphatic rings. The number of ether oxygens (including phenoxy) is 2. The largest absolute Gasteiger partial charge is 0.497 e. The van der Waals surface area contributed by atoms with Crippen LogP contribution < -0.4 is 24.6 Å². The number of thiophene rings is 1. The van der Waals surface area contributed by atoms with Gasteiger partial charge in [0.25, 0.3) is 0 Å². The zero-order chi connectivity index (χ0) is 28.3. The standard InChI is InChI=1S/C30H30ClN7O2S/c1-19-12-28(36-30(33-19)34-21-14-22(39-2)16-23(15-21)40-3)38-8-5-7-37(9-10-38)26-17-24(27-6-4-11-41-27)35-25-13-20(31)18-32-29(25)26/h4,6,11-18H,5,7-10H2,1-3H3,(H,33,34,36). The highest BCUT2D eigenvalue weighted by Gasteiger charge is 2.21. The smallest absolute Gasteiger partial charge is 0.229 e. The van der Waals surface area contributed by atoms with E-state index in [-0.39, 0.29) is 0 Å². The van der Waals surface area contributed by atoms with E-state index in [9.17, 15) is 0 Å². The van der Waals surface area contributed by atoms with E-state index >= 15 is 0 Å². The van der Waals surface area contributed by atoms with Gasteiger partial charge in [-0.25, -0.2) is 9.97 Å². The van der Waals surface area contributed by atoms with Crippen LogP contribution in [0.4, 0.5) is 23.1 Å². The molecule has 0 unspecified atom stereocenters. The lowest BCUT2D eigenvalue weighted by molar-refractivity contribution is 0.395. The normalized spacial score (nSPS) is 13.8. The summed E-state index contributed by atoms with van der Waals surface area (Å²) >= 11 is 7.98. The Morgan fingerprint density at radius 1 is 0.902 bits per heavy atom. The minimum absolute atomic E-state index is 0.526. The van der Waals surface area contributed by atoms with Crippen molar-refractivity contribution < 1.29 is 9.47 Å². The maximum atomic E-state index is 6.30. The van der Waals surface area contributed by atoms with E-state index in [1.165, 1.54) is 0 Å². The average Bonchev–Trinajstić information content (AvgIpc) is 3.40. The number of benzene rings is 1. The number of fused-ring (bicyclic) bond motifs is 1. The second kappa shape index (κ2) is 11.8. The predicted molar refractivity (Wildman–Crippen MR) is 167 cm³/mol. The second-order valence-corrected chi connectivity index (χ2v) is 11.2. The molecule has 1 aliphatic heterocycles. The van der Waals surface area contributed by atoms with Gasteiger partial charge in [-0.05, 0) is 36.9 Å². The number of hydrogen-bond acceptors (Lipinski definition) is 10. The van der Waals surface area contributed by atoms with Gasteiger partial charge in [0.05, 0.1) is 41.0 Å². The predicted octanol–water partition coefficient (Wildman–Crippen LogP) is 6.59. The third-order valence-electron chi connectivity index (χ3n) is 6.97. The lowest BCUT2D eigenvalue weighted by Gasteiger charge is -2.25. The molecule has 41 heavy (non-hydrogen) atoms. The van der Waals surface area contributed by atoms with Crippen LogP contribution in [0.1, 0.15) is 12.1 Å². The summed E-state index contributed by atoms with van der Waals surface area (Å²) in [7, 11) is 3.26. The van der Waals surface area contributed by atoms with Crippen molar-refractivity contribution in [3.8, 4) is 22.1 Å².